The molecule has 9 nitrogen and oxygen atoms in total. The van der Waals surface area contributed by atoms with Crippen LogP contribution in [0.15, 0.2) is 77.1 Å². The van der Waals surface area contributed by atoms with Gasteiger partial charge in [-0.25, -0.2) is 4.98 Å². The van der Waals surface area contributed by atoms with E-state index in [4.69, 9.17) is 25.7 Å². The molecule has 6 rings (SSSR count). The number of hydrogen-bond acceptors (Lipinski definition) is 8. The number of pyridine rings is 1. The Hall–Kier alpha value is -4.55. The molecule has 0 amide bonds. The van der Waals surface area contributed by atoms with Gasteiger partial charge in [-0.05, 0) is 61.7 Å². The summed E-state index contributed by atoms with van der Waals surface area (Å²) in [6.45, 7) is 15.8. The van der Waals surface area contributed by atoms with E-state index in [1.807, 2.05) is 93.9 Å². The van der Waals surface area contributed by atoms with Crippen LogP contribution in [0.3, 0.4) is 0 Å². The monoisotopic (exact) mass is 698 g/mol. The first-order chi connectivity index (χ1) is 25.0. The number of allylic oxidation sites excluding steroid dienone is 3. The number of para-hydroxylation sites is 1. The number of aliphatic imine (C=N–C) groups is 1. The molecule has 1 saturated heterocycles. The summed E-state index contributed by atoms with van der Waals surface area (Å²) in [5.41, 5.74) is 6.79. The third-order valence-electron chi connectivity index (χ3n) is 9.07. The summed E-state index contributed by atoms with van der Waals surface area (Å²) in [6, 6.07) is 13.5. The smallest absolute Gasteiger partial charge is 0.180 e. The van der Waals surface area contributed by atoms with Gasteiger partial charge in [0.05, 0.1) is 41.6 Å². The number of aryl methyl sites for hydroxylation is 1. The van der Waals surface area contributed by atoms with Gasteiger partial charge >= 0.3 is 0 Å². The molecule has 0 bridgehead atoms. The zero-order chi connectivity index (χ0) is 38.4. The van der Waals surface area contributed by atoms with Crippen molar-refractivity contribution >= 4 is 33.0 Å². The van der Waals surface area contributed by atoms with Crippen LogP contribution in [0.4, 0.5) is 0 Å². The SMILES string of the molecule is CC.CCC(=O)C1=NCC=C(C)C=C1C.CCC(=O)C1CC1.[B]C([B])(c1cccc(C#N)n1)N1CC(n2cc(-c3cccc(CC)c3OC)cn2)C1. The first-order valence-corrected chi connectivity index (χ1v) is 18.3. The van der Waals surface area contributed by atoms with Gasteiger partial charge in [0.25, 0.3) is 0 Å². The van der Waals surface area contributed by atoms with Crippen molar-refractivity contribution in [2.45, 2.75) is 91.9 Å². The molecular weight excluding hydrogens is 646 g/mol. The molecule has 11 heteroatoms. The third-order valence-corrected chi connectivity index (χ3v) is 9.07. The average Bonchev–Trinajstić information content (AvgIpc) is 3.92. The molecule has 2 fully saturated rings. The number of hydrogen-bond donors (Lipinski definition) is 0. The maximum Gasteiger partial charge on any atom is 0.180 e. The van der Waals surface area contributed by atoms with Crippen molar-refractivity contribution < 1.29 is 14.3 Å². The molecule has 1 aromatic carbocycles. The van der Waals surface area contributed by atoms with Crippen LogP contribution in [-0.2, 0) is 21.3 Å². The number of nitriles is 1. The van der Waals surface area contributed by atoms with Crippen LogP contribution in [0.5, 0.6) is 5.75 Å². The van der Waals surface area contributed by atoms with Gasteiger partial charge in [-0.1, -0.05) is 76.6 Å². The lowest BCUT2D eigenvalue weighted by Crippen LogP contribution is -2.59. The quantitative estimate of drug-likeness (QED) is 0.208. The van der Waals surface area contributed by atoms with Crippen molar-refractivity contribution in [3.8, 4) is 22.9 Å². The number of carbonyl (C=O) groups is 2. The fraction of sp³-hybridized carbons (Fsp3) is 0.463. The highest BCUT2D eigenvalue weighted by atomic mass is 16.5. The molecule has 1 aliphatic carbocycles. The van der Waals surface area contributed by atoms with Crippen molar-refractivity contribution in [3.63, 3.8) is 0 Å². The Morgan fingerprint density at radius 3 is 2.31 bits per heavy atom. The van der Waals surface area contributed by atoms with Gasteiger partial charge in [0.2, 0.25) is 0 Å². The van der Waals surface area contributed by atoms with Gasteiger partial charge in [-0.2, -0.15) is 10.4 Å². The average molecular weight is 699 g/mol. The van der Waals surface area contributed by atoms with E-state index < -0.39 is 5.34 Å². The van der Waals surface area contributed by atoms with Crippen LogP contribution in [0.2, 0.25) is 0 Å². The number of methoxy groups -OCH3 is 1. The first-order valence-electron chi connectivity index (χ1n) is 18.3. The van der Waals surface area contributed by atoms with E-state index >= 15 is 0 Å². The number of benzene rings is 1. The van der Waals surface area contributed by atoms with E-state index in [2.05, 4.69) is 28.1 Å². The maximum atomic E-state index is 11.4. The second kappa shape index (κ2) is 19.9. The lowest BCUT2D eigenvalue weighted by Gasteiger charge is -2.49. The van der Waals surface area contributed by atoms with Crippen molar-refractivity contribution in [1.29, 1.82) is 5.26 Å². The minimum Gasteiger partial charge on any atom is -0.496 e. The molecular formula is C41H52B2N6O3. The Bertz CT molecular complexity index is 1810. The molecule has 4 radical (unpaired) electrons. The van der Waals surface area contributed by atoms with E-state index in [1.54, 1.807) is 25.3 Å². The number of nitrogens with zero attached hydrogens (tertiary/aromatic N) is 6. The van der Waals surface area contributed by atoms with E-state index in [0.29, 0.717) is 54.9 Å². The number of ether oxygens (including phenoxy) is 1. The summed E-state index contributed by atoms with van der Waals surface area (Å²) in [4.78, 5) is 32.4. The Morgan fingerprint density at radius 1 is 1.04 bits per heavy atom. The second-order valence-corrected chi connectivity index (χ2v) is 12.8. The van der Waals surface area contributed by atoms with Crippen LogP contribution in [0.25, 0.3) is 11.1 Å². The van der Waals surface area contributed by atoms with Crippen molar-refractivity contribution in [3.05, 3.63) is 89.0 Å². The van der Waals surface area contributed by atoms with E-state index in [0.717, 1.165) is 48.1 Å². The number of ketones is 2. The number of likely N-dealkylation sites (tertiary alicyclic amines) is 1. The lowest BCUT2D eigenvalue weighted by molar-refractivity contribution is -0.120. The summed E-state index contributed by atoms with van der Waals surface area (Å²) < 4.78 is 7.60. The first kappa shape index (κ1) is 41.9. The minimum atomic E-state index is -1.24. The zero-order valence-corrected chi connectivity index (χ0v) is 32.1. The fourth-order valence-corrected chi connectivity index (χ4v) is 5.86. The van der Waals surface area contributed by atoms with E-state index in [-0.39, 0.29) is 11.8 Å². The van der Waals surface area contributed by atoms with Crippen LogP contribution in [-0.4, -0.2) is 79.4 Å². The van der Waals surface area contributed by atoms with Crippen LogP contribution < -0.4 is 4.74 Å². The topological polar surface area (TPSA) is 113 Å². The Labute approximate surface area is 313 Å². The number of rotatable bonds is 10. The van der Waals surface area contributed by atoms with Gasteiger partial charge in [-0.3, -0.25) is 19.3 Å². The van der Waals surface area contributed by atoms with E-state index in [9.17, 15) is 9.59 Å². The standard InChI is InChI=1S/C22H21B2N5O.C11H15NO.C6H10O.C2H6/c1-3-15-6-4-8-19(21(15)30-2)16-11-26-29(12-16)18-13-28(14-18)22(23,24)20-9-5-7-17(10-25)27-20;1-4-10(13)11-9(3)7-8(2)5-6-12-11;1-2-6(7)5-3-4-5;1-2/h4-9,11-12,18H,3,13-14H2,1-2H3;5,7H,4,6H2,1-3H3;5H,2-4H2,1H3;1-2H3. The molecule has 0 N–H and O–H groups in total. The molecule has 0 atom stereocenters. The molecule has 0 spiro atoms. The molecule has 3 aromatic rings. The minimum absolute atomic E-state index is 0.136. The zero-order valence-electron chi connectivity index (χ0n) is 32.1. The summed E-state index contributed by atoms with van der Waals surface area (Å²) in [5.74, 6) is 1.96. The maximum absolute atomic E-state index is 11.4. The summed E-state index contributed by atoms with van der Waals surface area (Å²) >= 11 is 0. The van der Waals surface area contributed by atoms with Gasteiger partial charge in [0.15, 0.2) is 5.78 Å². The molecule has 0 unspecified atom stereocenters. The summed E-state index contributed by atoms with van der Waals surface area (Å²) in [5, 5.41) is 12.4. The van der Waals surface area contributed by atoms with Crippen molar-refractivity contribution in [1.82, 2.24) is 19.7 Å². The van der Waals surface area contributed by atoms with Gasteiger partial charge in [0.1, 0.15) is 29.0 Å². The molecule has 270 valence electrons. The second-order valence-electron chi connectivity index (χ2n) is 12.8. The molecule has 2 aliphatic heterocycles. The van der Waals surface area contributed by atoms with Crippen LogP contribution in [0, 0.1) is 17.2 Å². The highest BCUT2D eigenvalue weighted by molar-refractivity contribution is 6.46. The van der Waals surface area contributed by atoms with Crippen LogP contribution in [0.1, 0.15) is 97.1 Å². The van der Waals surface area contributed by atoms with Gasteiger partial charge in [-0.15, -0.1) is 0 Å². The normalized spacial score (nSPS) is 15.6. The summed E-state index contributed by atoms with van der Waals surface area (Å²) in [6.07, 6.45) is 12.4. The third kappa shape index (κ3) is 10.7. The Kier molecular flexibility index (Phi) is 16.0. The molecule has 1 saturated carbocycles. The van der Waals surface area contributed by atoms with Crippen molar-refractivity contribution in [2.24, 2.45) is 10.9 Å². The highest BCUT2D eigenvalue weighted by Gasteiger charge is 2.39. The van der Waals surface area contributed by atoms with Crippen LogP contribution >= 0.6 is 0 Å². The number of aromatic nitrogens is 3. The number of carbonyl (C=O) groups excluding carboxylic acids is 2. The molecule has 4 heterocycles. The van der Waals surface area contributed by atoms with E-state index in [1.165, 1.54) is 11.1 Å². The van der Waals surface area contributed by atoms with Gasteiger partial charge < -0.3 is 9.64 Å². The predicted molar refractivity (Wildman–Crippen MR) is 211 cm³/mol. The number of Topliss-reactive ketones (excluding diaryl/α,β-unsaturated/α-hetero) is 2. The largest absolute Gasteiger partial charge is 0.496 e. The molecule has 3 aliphatic rings. The summed E-state index contributed by atoms with van der Waals surface area (Å²) in [7, 11) is 14.4. The lowest BCUT2D eigenvalue weighted by atomic mass is 9.57. The molecule has 2 aromatic heterocycles. The fourth-order valence-electron chi connectivity index (χ4n) is 5.86. The Morgan fingerprint density at radius 2 is 1.73 bits per heavy atom. The predicted octanol–water partition coefficient (Wildman–Crippen LogP) is 7.11. The Balaban J connectivity index is 0.000000271. The van der Waals surface area contributed by atoms with Crippen molar-refractivity contribution in [2.75, 3.05) is 26.7 Å². The molecule has 52 heavy (non-hydrogen) atoms. The highest BCUT2D eigenvalue weighted by Crippen LogP contribution is 2.36. The van der Waals surface area contributed by atoms with Gasteiger partial charge in [0, 0.05) is 54.9 Å².